The Kier molecular flexibility index (Phi) is 6.07. The molecule has 1 saturated heterocycles. The van der Waals surface area contributed by atoms with Crippen molar-refractivity contribution in [3.63, 3.8) is 0 Å². The summed E-state index contributed by atoms with van der Waals surface area (Å²) in [5, 5.41) is 0. The van der Waals surface area contributed by atoms with Crippen molar-refractivity contribution in [2.75, 3.05) is 13.1 Å². The lowest BCUT2D eigenvalue weighted by molar-refractivity contribution is 0.281. The van der Waals surface area contributed by atoms with E-state index in [0.717, 1.165) is 45.3 Å². The van der Waals surface area contributed by atoms with Gasteiger partial charge in [-0.05, 0) is 54.7 Å². The predicted octanol–water partition coefficient (Wildman–Crippen LogP) is 5.57. The summed E-state index contributed by atoms with van der Waals surface area (Å²) in [7, 11) is 0. The minimum absolute atomic E-state index is 0.242. The van der Waals surface area contributed by atoms with Crippen LogP contribution >= 0.6 is 28.1 Å². The topological polar surface area (TPSA) is 12.5 Å². The van der Waals surface area contributed by atoms with Crippen molar-refractivity contribution in [1.29, 1.82) is 0 Å². The molecule has 1 heterocycles. The summed E-state index contributed by atoms with van der Waals surface area (Å²) in [6.07, 6.45) is 2.33. The molecule has 0 amide bonds. The summed E-state index contributed by atoms with van der Waals surface area (Å²) in [6, 6.07) is 12.3. The highest BCUT2D eigenvalue weighted by Gasteiger charge is 2.21. The molecule has 0 N–H and O–H groups in total. The molecule has 0 unspecified atom stereocenters. The lowest BCUT2D eigenvalue weighted by Crippen LogP contribution is -2.37. The van der Waals surface area contributed by atoms with Crippen LogP contribution in [-0.2, 0) is 6.61 Å². The van der Waals surface area contributed by atoms with Gasteiger partial charge in [0.05, 0.1) is 5.56 Å². The van der Waals surface area contributed by atoms with Gasteiger partial charge in [0.2, 0.25) is 0 Å². The van der Waals surface area contributed by atoms with E-state index in [-0.39, 0.29) is 5.82 Å². The Morgan fingerprint density at radius 2 is 1.88 bits per heavy atom. The van der Waals surface area contributed by atoms with Crippen LogP contribution in [0.1, 0.15) is 30.9 Å². The molecule has 132 valence electrons. The van der Waals surface area contributed by atoms with Gasteiger partial charge < -0.3 is 9.64 Å². The molecule has 0 spiro atoms. The number of likely N-dealkylation sites (tertiary alicyclic amines) is 1. The van der Waals surface area contributed by atoms with E-state index in [1.165, 1.54) is 25.0 Å². The number of thiocarbonyl (C=S) groups is 1. The Bertz CT molecular complexity index is 742. The highest BCUT2D eigenvalue weighted by atomic mass is 79.9. The van der Waals surface area contributed by atoms with E-state index in [1.54, 1.807) is 12.1 Å². The maximum Gasteiger partial charge on any atom is 0.130 e. The first-order valence-corrected chi connectivity index (χ1v) is 9.69. The number of rotatable bonds is 4. The molecule has 2 aromatic rings. The molecule has 0 bridgehead atoms. The second-order valence-electron chi connectivity index (χ2n) is 6.53. The molecular formula is C20H21BrFNOS. The van der Waals surface area contributed by atoms with E-state index >= 15 is 0 Å². The van der Waals surface area contributed by atoms with Crippen LogP contribution in [0, 0.1) is 11.7 Å². The zero-order valence-electron chi connectivity index (χ0n) is 14.2. The van der Waals surface area contributed by atoms with Crippen LogP contribution in [0.2, 0.25) is 0 Å². The average Bonchev–Trinajstić information content (AvgIpc) is 2.62. The van der Waals surface area contributed by atoms with Crippen molar-refractivity contribution in [2.24, 2.45) is 5.92 Å². The Morgan fingerprint density at radius 3 is 2.56 bits per heavy atom. The largest absolute Gasteiger partial charge is 0.488 e. The fourth-order valence-electron chi connectivity index (χ4n) is 2.92. The predicted molar refractivity (Wildman–Crippen MR) is 107 cm³/mol. The highest BCUT2D eigenvalue weighted by Crippen LogP contribution is 2.28. The van der Waals surface area contributed by atoms with Crippen molar-refractivity contribution in [1.82, 2.24) is 4.90 Å². The van der Waals surface area contributed by atoms with Gasteiger partial charge >= 0.3 is 0 Å². The molecule has 1 fully saturated rings. The van der Waals surface area contributed by atoms with Gasteiger partial charge in [-0.25, -0.2) is 4.39 Å². The molecule has 5 heteroatoms. The summed E-state index contributed by atoms with van der Waals surface area (Å²) in [5.41, 5.74) is 1.86. The third-order valence-electron chi connectivity index (χ3n) is 4.55. The smallest absolute Gasteiger partial charge is 0.130 e. The summed E-state index contributed by atoms with van der Waals surface area (Å²) in [4.78, 5) is 3.10. The molecule has 2 aromatic carbocycles. The SMILES string of the molecule is CC1CCN(C(=S)c2cc(Br)ccc2OCc2ccc(F)cc2)CC1. The number of ether oxygens (including phenoxy) is 1. The van der Waals surface area contributed by atoms with Gasteiger partial charge in [-0.2, -0.15) is 0 Å². The van der Waals surface area contributed by atoms with Crippen LogP contribution in [0.3, 0.4) is 0 Å². The zero-order valence-corrected chi connectivity index (χ0v) is 16.6. The molecular weight excluding hydrogens is 401 g/mol. The van der Waals surface area contributed by atoms with Crippen LogP contribution in [-0.4, -0.2) is 23.0 Å². The Morgan fingerprint density at radius 1 is 1.20 bits per heavy atom. The Hall–Kier alpha value is -1.46. The van der Waals surface area contributed by atoms with Crippen molar-refractivity contribution in [3.8, 4) is 5.75 Å². The third-order valence-corrected chi connectivity index (χ3v) is 5.52. The molecule has 1 aliphatic heterocycles. The van der Waals surface area contributed by atoms with Crippen LogP contribution in [0.25, 0.3) is 0 Å². The highest BCUT2D eigenvalue weighted by molar-refractivity contribution is 9.10. The first-order chi connectivity index (χ1) is 12.0. The second-order valence-corrected chi connectivity index (χ2v) is 7.83. The molecule has 25 heavy (non-hydrogen) atoms. The van der Waals surface area contributed by atoms with Gasteiger partial charge in [0, 0.05) is 17.6 Å². The minimum atomic E-state index is -0.242. The molecule has 0 aliphatic carbocycles. The number of benzene rings is 2. The number of hydrogen-bond donors (Lipinski definition) is 0. The van der Waals surface area contributed by atoms with E-state index in [4.69, 9.17) is 17.0 Å². The summed E-state index contributed by atoms with van der Waals surface area (Å²) in [6.45, 7) is 4.65. The zero-order chi connectivity index (χ0) is 17.8. The molecule has 0 atom stereocenters. The Labute approximate surface area is 162 Å². The summed E-state index contributed by atoms with van der Waals surface area (Å²) >= 11 is 9.28. The van der Waals surface area contributed by atoms with Crippen molar-refractivity contribution < 1.29 is 9.13 Å². The van der Waals surface area contributed by atoms with Gasteiger partial charge in [0.15, 0.2) is 0 Å². The lowest BCUT2D eigenvalue weighted by Gasteiger charge is -2.33. The number of nitrogens with zero attached hydrogens (tertiary/aromatic N) is 1. The van der Waals surface area contributed by atoms with Gasteiger partial charge in [-0.3, -0.25) is 0 Å². The number of hydrogen-bond acceptors (Lipinski definition) is 2. The quantitative estimate of drug-likeness (QED) is 0.598. The molecule has 0 radical (unpaired) electrons. The van der Waals surface area contributed by atoms with Crippen LogP contribution in [0.5, 0.6) is 5.75 Å². The molecule has 3 rings (SSSR count). The average molecular weight is 422 g/mol. The lowest BCUT2D eigenvalue weighted by atomic mass is 9.99. The number of halogens is 2. The fourth-order valence-corrected chi connectivity index (χ4v) is 3.62. The van der Waals surface area contributed by atoms with Crippen LogP contribution in [0.4, 0.5) is 4.39 Å². The molecule has 1 aliphatic rings. The minimum Gasteiger partial charge on any atom is -0.488 e. The fraction of sp³-hybridized carbons (Fsp3) is 0.350. The normalized spacial score (nSPS) is 15.2. The maximum atomic E-state index is 13.0. The van der Waals surface area contributed by atoms with E-state index in [0.29, 0.717) is 6.61 Å². The Balaban J connectivity index is 1.75. The van der Waals surface area contributed by atoms with E-state index < -0.39 is 0 Å². The van der Waals surface area contributed by atoms with Crippen molar-refractivity contribution in [3.05, 3.63) is 63.9 Å². The second kappa shape index (κ2) is 8.28. The standard InChI is InChI=1S/C20H21BrFNOS/c1-14-8-10-23(11-9-14)20(25)18-12-16(21)4-7-19(18)24-13-15-2-5-17(22)6-3-15/h2-7,12,14H,8-11,13H2,1H3. The van der Waals surface area contributed by atoms with Crippen molar-refractivity contribution >= 4 is 33.1 Å². The molecule has 2 nitrogen and oxygen atoms in total. The number of piperidine rings is 1. The van der Waals surface area contributed by atoms with E-state index in [2.05, 4.69) is 27.8 Å². The van der Waals surface area contributed by atoms with E-state index in [9.17, 15) is 4.39 Å². The summed E-state index contributed by atoms with van der Waals surface area (Å²) in [5.74, 6) is 1.28. The van der Waals surface area contributed by atoms with Crippen molar-refractivity contribution in [2.45, 2.75) is 26.4 Å². The van der Waals surface area contributed by atoms with Crippen LogP contribution < -0.4 is 4.74 Å². The molecule has 0 saturated carbocycles. The van der Waals surface area contributed by atoms with Gasteiger partial charge in [-0.1, -0.05) is 47.2 Å². The monoisotopic (exact) mass is 421 g/mol. The van der Waals surface area contributed by atoms with E-state index in [1.807, 2.05) is 18.2 Å². The maximum absolute atomic E-state index is 13.0. The van der Waals surface area contributed by atoms with Crippen LogP contribution in [0.15, 0.2) is 46.9 Å². The summed E-state index contributed by atoms with van der Waals surface area (Å²) < 4.78 is 20.0. The van der Waals surface area contributed by atoms with Gasteiger partial charge in [0.25, 0.3) is 0 Å². The first-order valence-electron chi connectivity index (χ1n) is 8.49. The van der Waals surface area contributed by atoms with Gasteiger partial charge in [-0.15, -0.1) is 0 Å². The van der Waals surface area contributed by atoms with Gasteiger partial charge in [0.1, 0.15) is 23.2 Å². The third kappa shape index (κ3) is 4.79. The first kappa shape index (κ1) is 18.3. The molecule has 0 aromatic heterocycles.